The van der Waals surface area contributed by atoms with Crippen LogP contribution in [0.25, 0.3) is 0 Å². The number of esters is 1. The monoisotopic (exact) mass is 319 g/mol. The van der Waals surface area contributed by atoms with Crippen molar-refractivity contribution in [1.29, 1.82) is 0 Å². The number of carbonyl (C=O) groups excluding carboxylic acids is 2. The van der Waals surface area contributed by atoms with Gasteiger partial charge in [-0.1, -0.05) is 0 Å². The Balaban J connectivity index is 2.17. The highest BCUT2D eigenvalue weighted by Gasteiger charge is 2.39. The molecule has 0 aliphatic carbocycles. The molecule has 9 heteroatoms. The highest BCUT2D eigenvalue weighted by atomic mass is 19.4. The Morgan fingerprint density at radius 2 is 2.23 bits per heavy atom. The van der Waals surface area contributed by atoms with E-state index in [0.717, 1.165) is 0 Å². The van der Waals surface area contributed by atoms with Crippen molar-refractivity contribution in [1.82, 2.24) is 14.7 Å². The van der Waals surface area contributed by atoms with Gasteiger partial charge < -0.3 is 9.64 Å². The van der Waals surface area contributed by atoms with Crippen LogP contribution < -0.4 is 0 Å². The summed E-state index contributed by atoms with van der Waals surface area (Å²) in [5.74, 6) is -1.40. The summed E-state index contributed by atoms with van der Waals surface area (Å²) >= 11 is 0. The van der Waals surface area contributed by atoms with Gasteiger partial charge in [0.05, 0.1) is 17.9 Å². The van der Waals surface area contributed by atoms with E-state index in [-0.39, 0.29) is 19.4 Å². The Bertz CT molecular complexity index is 583. The largest absolute Gasteiger partial charge is 0.452 e. The lowest BCUT2D eigenvalue weighted by Gasteiger charge is -2.26. The molecule has 2 heterocycles. The fourth-order valence-corrected chi connectivity index (χ4v) is 2.34. The number of amides is 1. The van der Waals surface area contributed by atoms with Crippen molar-refractivity contribution in [2.45, 2.75) is 38.6 Å². The maximum atomic E-state index is 12.7. The van der Waals surface area contributed by atoms with E-state index in [2.05, 4.69) is 5.10 Å². The zero-order chi connectivity index (χ0) is 16.5. The van der Waals surface area contributed by atoms with Crippen molar-refractivity contribution in [3.63, 3.8) is 0 Å². The molecule has 2 rings (SSSR count). The van der Waals surface area contributed by atoms with Gasteiger partial charge in [-0.05, 0) is 13.0 Å². The number of nitrogens with zero attached hydrogens (tertiary/aromatic N) is 3. The molecule has 0 aromatic carbocycles. The minimum Gasteiger partial charge on any atom is -0.452 e. The van der Waals surface area contributed by atoms with Crippen LogP contribution in [0.15, 0.2) is 6.07 Å². The lowest BCUT2D eigenvalue weighted by Crippen LogP contribution is -2.44. The average Bonchev–Trinajstić information content (AvgIpc) is 2.93. The number of hydrogen-bond acceptors (Lipinski definition) is 4. The molecule has 1 aromatic heterocycles. The van der Waals surface area contributed by atoms with E-state index in [1.54, 1.807) is 20.0 Å². The molecule has 122 valence electrons. The molecule has 1 saturated heterocycles. The van der Waals surface area contributed by atoms with Gasteiger partial charge in [0.1, 0.15) is 6.54 Å². The van der Waals surface area contributed by atoms with Crippen molar-refractivity contribution in [3.8, 4) is 0 Å². The number of alkyl halides is 3. The Hall–Kier alpha value is -2.06. The summed E-state index contributed by atoms with van der Waals surface area (Å²) < 4.78 is 44.3. The smallest absolute Gasteiger partial charge is 0.406 e. The first kappa shape index (κ1) is 16.3. The zero-order valence-corrected chi connectivity index (χ0v) is 12.2. The fraction of sp³-hybridized carbons (Fsp3) is 0.615. The van der Waals surface area contributed by atoms with Crippen molar-refractivity contribution < 1.29 is 27.5 Å². The Morgan fingerprint density at radius 1 is 1.55 bits per heavy atom. The SMILES string of the molecule is Cc1cc(CN(CC(F)(F)F)C(=O)[C@@H]2CCC(=O)O2)n(C)n1. The van der Waals surface area contributed by atoms with Gasteiger partial charge in [-0.3, -0.25) is 14.3 Å². The average molecular weight is 319 g/mol. The van der Waals surface area contributed by atoms with Crippen molar-refractivity contribution in [2.75, 3.05) is 6.54 Å². The second-order valence-electron chi connectivity index (χ2n) is 5.23. The first-order chi connectivity index (χ1) is 10.2. The molecule has 1 aliphatic heterocycles. The quantitative estimate of drug-likeness (QED) is 0.785. The summed E-state index contributed by atoms with van der Waals surface area (Å²) in [5.41, 5.74) is 1.11. The predicted molar refractivity (Wildman–Crippen MR) is 68.5 cm³/mol. The van der Waals surface area contributed by atoms with Crippen LogP contribution in [0.1, 0.15) is 24.2 Å². The first-order valence-corrected chi connectivity index (χ1v) is 6.70. The molecule has 0 unspecified atom stereocenters. The molecule has 0 radical (unpaired) electrons. The lowest BCUT2D eigenvalue weighted by molar-refractivity contribution is -0.170. The maximum absolute atomic E-state index is 12.7. The molecule has 1 aromatic rings. The number of hydrogen-bond donors (Lipinski definition) is 0. The van der Waals surface area contributed by atoms with Crippen LogP contribution in [0.2, 0.25) is 0 Å². The van der Waals surface area contributed by atoms with Crippen LogP contribution in [0.4, 0.5) is 13.2 Å². The number of aryl methyl sites for hydroxylation is 2. The molecule has 0 N–H and O–H groups in total. The Labute approximate surface area is 124 Å². The van der Waals surface area contributed by atoms with E-state index in [9.17, 15) is 22.8 Å². The number of cyclic esters (lactones) is 1. The minimum atomic E-state index is -4.54. The Kier molecular flexibility index (Phi) is 4.43. The van der Waals surface area contributed by atoms with E-state index in [0.29, 0.717) is 16.3 Å². The number of carbonyl (C=O) groups is 2. The second-order valence-corrected chi connectivity index (χ2v) is 5.23. The molecule has 0 bridgehead atoms. The molecule has 0 saturated carbocycles. The van der Waals surface area contributed by atoms with Gasteiger partial charge in [0, 0.05) is 19.9 Å². The summed E-state index contributed by atoms with van der Waals surface area (Å²) in [5, 5.41) is 4.04. The van der Waals surface area contributed by atoms with Crippen LogP contribution in [-0.4, -0.2) is 45.4 Å². The molecule has 1 fully saturated rings. The van der Waals surface area contributed by atoms with E-state index >= 15 is 0 Å². The molecule has 1 amide bonds. The van der Waals surface area contributed by atoms with Crippen LogP contribution in [0, 0.1) is 6.92 Å². The Morgan fingerprint density at radius 3 is 2.68 bits per heavy atom. The highest BCUT2D eigenvalue weighted by Crippen LogP contribution is 2.22. The molecule has 1 aliphatic rings. The van der Waals surface area contributed by atoms with Crippen molar-refractivity contribution in [3.05, 3.63) is 17.5 Å². The lowest BCUT2D eigenvalue weighted by atomic mass is 10.2. The number of rotatable bonds is 4. The number of halogens is 3. The van der Waals surface area contributed by atoms with E-state index in [1.165, 1.54) is 4.68 Å². The summed E-state index contributed by atoms with van der Waals surface area (Å²) in [7, 11) is 1.59. The normalized spacial score (nSPS) is 18.4. The highest BCUT2D eigenvalue weighted by molar-refractivity contribution is 5.86. The van der Waals surface area contributed by atoms with Crippen molar-refractivity contribution in [2.24, 2.45) is 7.05 Å². The molecular weight excluding hydrogens is 303 g/mol. The van der Waals surface area contributed by atoms with Crippen LogP contribution in [0.3, 0.4) is 0 Å². The zero-order valence-electron chi connectivity index (χ0n) is 12.2. The topological polar surface area (TPSA) is 64.4 Å². The third-order valence-electron chi connectivity index (χ3n) is 3.29. The van der Waals surface area contributed by atoms with Gasteiger partial charge in [0.15, 0.2) is 6.10 Å². The molecule has 6 nitrogen and oxygen atoms in total. The molecule has 0 spiro atoms. The molecule has 1 atom stereocenters. The summed E-state index contributed by atoms with van der Waals surface area (Å²) in [6.07, 6.45) is -5.52. The summed E-state index contributed by atoms with van der Waals surface area (Å²) in [6.45, 7) is 0.0615. The van der Waals surface area contributed by atoms with E-state index < -0.39 is 30.7 Å². The minimum absolute atomic E-state index is 0.0427. The predicted octanol–water partition coefficient (Wildman–Crippen LogP) is 1.33. The van der Waals surface area contributed by atoms with Crippen LogP contribution in [0.5, 0.6) is 0 Å². The second kappa shape index (κ2) is 5.98. The van der Waals surface area contributed by atoms with Gasteiger partial charge in [-0.2, -0.15) is 18.3 Å². The first-order valence-electron chi connectivity index (χ1n) is 6.70. The third-order valence-corrected chi connectivity index (χ3v) is 3.29. The van der Waals surface area contributed by atoms with Crippen molar-refractivity contribution >= 4 is 11.9 Å². The third kappa shape index (κ3) is 3.99. The number of aromatic nitrogens is 2. The fourth-order valence-electron chi connectivity index (χ4n) is 2.34. The summed E-state index contributed by atoms with van der Waals surface area (Å²) in [4.78, 5) is 23.9. The van der Waals surface area contributed by atoms with Gasteiger partial charge in [-0.15, -0.1) is 0 Å². The van der Waals surface area contributed by atoms with Crippen LogP contribution in [-0.2, 0) is 27.9 Å². The van der Waals surface area contributed by atoms with Gasteiger partial charge in [0.2, 0.25) is 0 Å². The van der Waals surface area contributed by atoms with Gasteiger partial charge >= 0.3 is 12.1 Å². The van der Waals surface area contributed by atoms with Gasteiger partial charge in [-0.25, -0.2) is 0 Å². The van der Waals surface area contributed by atoms with E-state index in [1.807, 2.05) is 0 Å². The molecular formula is C13H16F3N3O3. The van der Waals surface area contributed by atoms with E-state index in [4.69, 9.17) is 4.74 Å². The van der Waals surface area contributed by atoms with Gasteiger partial charge in [0.25, 0.3) is 5.91 Å². The number of ether oxygens (including phenoxy) is 1. The standard InChI is InChI=1S/C13H16F3N3O3/c1-8-5-9(18(2)17-8)6-19(7-13(14,15)16)12(21)10-3-4-11(20)22-10/h5,10H,3-4,6-7H2,1-2H3/t10-/m0/s1. The van der Waals surface area contributed by atoms with Crippen LogP contribution >= 0.6 is 0 Å². The molecule has 22 heavy (non-hydrogen) atoms. The maximum Gasteiger partial charge on any atom is 0.406 e. The summed E-state index contributed by atoms with van der Waals surface area (Å²) in [6, 6.07) is 1.61.